The predicted octanol–water partition coefficient (Wildman–Crippen LogP) is 8.23. The molecule has 0 radical (unpaired) electrons. The Morgan fingerprint density at radius 2 is 0.857 bits per heavy atom. The Labute approximate surface area is 209 Å². The third kappa shape index (κ3) is 8.16. The topological polar surface area (TPSA) is 49.7 Å². The van der Waals surface area contributed by atoms with Gasteiger partial charge in [0.2, 0.25) is 0 Å². The first-order valence-electron chi connectivity index (χ1n) is 12.1. The number of hydrogen-bond donors (Lipinski definition) is 2. The Hall–Kier alpha value is -3.82. The molecule has 0 saturated carbocycles. The van der Waals surface area contributed by atoms with Crippen molar-refractivity contribution >= 4 is 11.1 Å². The molecule has 0 aliphatic carbocycles. The molecular formula is C32H34O3. The van der Waals surface area contributed by atoms with Gasteiger partial charge in [-0.2, -0.15) is 0 Å². The van der Waals surface area contributed by atoms with Gasteiger partial charge in [-0.15, -0.1) is 0 Å². The predicted molar refractivity (Wildman–Crippen MR) is 145 cm³/mol. The molecule has 0 unspecified atom stereocenters. The second-order valence-corrected chi connectivity index (χ2v) is 8.22. The van der Waals surface area contributed by atoms with Crippen LogP contribution in [0.15, 0.2) is 109 Å². The van der Waals surface area contributed by atoms with Gasteiger partial charge in [0.05, 0.1) is 13.2 Å². The maximum Gasteiger partial charge on any atom is 0.115 e. The molecule has 4 aromatic rings. The SMILES string of the molecule is CCC(=C(CC)c1ccc(O)cc1)c1ccc(O)cc1.c1ccc(COCc2ccccc2)cc1. The van der Waals surface area contributed by atoms with Crippen molar-refractivity contribution in [2.24, 2.45) is 0 Å². The summed E-state index contributed by atoms with van der Waals surface area (Å²) in [6.45, 7) is 5.63. The molecule has 3 nitrogen and oxygen atoms in total. The lowest BCUT2D eigenvalue weighted by atomic mass is 9.91. The van der Waals surface area contributed by atoms with E-state index in [0.717, 1.165) is 24.0 Å². The van der Waals surface area contributed by atoms with Crippen LogP contribution in [0.25, 0.3) is 11.1 Å². The molecule has 2 N–H and O–H groups in total. The number of allylic oxidation sites excluding steroid dienone is 2. The lowest BCUT2D eigenvalue weighted by molar-refractivity contribution is 0.107. The van der Waals surface area contributed by atoms with Gasteiger partial charge in [-0.05, 0) is 70.5 Å². The van der Waals surface area contributed by atoms with Gasteiger partial charge in [-0.1, -0.05) is 98.8 Å². The van der Waals surface area contributed by atoms with Gasteiger partial charge in [0.25, 0.3) is 0 Å². The molecule has 0 heterocycles. The van der Waals surface area contributed by atoms with Gasteiger partial charge in [0, 0.05) is 0 Å². The molecule has 3 heteroatoms. The van der Waals surface area contributed by atoms with E-state index in [2.05, 4.69) is 38.1 Å². The van der Waals surface area contributed by atoms with E-state index >= 15 is 0 Å². The van der Waals surface area contributed by atoms with Crippen LogP contribution >= 0.6 is 0 Å². The normalized spacial score (nSPS) is 11.3. The summed E-state index contributed by atoms with van der Waals surface area (Å²) in [4.78, 5) is 0. The van der Waals surface area contributed by atoms with E-state index in [1.54, 1.807) is 24.3 Å². The van der Waals surface area contributed by atoms with Crippen LogP contribution in [0.1, 0.15) is 48.9 Å². The second-order valence-electron chi connectivity index (χ2n) is 8.22. The van der Waals surface area contributed by atoms with Gasteiger partial charge in [-0.3, -0.25) is 0 Å². The molecule has 0 saturated heterocycles. The average Bonchev–Trinajstić information content (AvgIpc) is 2.90. The standard InChI is InChI=1S/C18H20O2.C14H14O/c1-3-17(13-5-9-15(19)10-6-13)18(4-2)14-7-11-16(20)12-8-14;1-3-7-13(8-4-1)11-15-12-14-9-5-2-6-10-14/h5-12,19-20H,3-4H2,1-2H3;1-10H,11-12H2. The molecule has 0 aliphatic heterocycles. The fourth-order valence-corrected chi connectivity index (χ4v) is 3.94. The fraction of sp³-hybridized carbons (Fsp3) is 0.188. The van der Waals surface area contributed by atoms with Crippen molar-refractivity contribution < 1.29 is 14.9 Å². The van der Waals surface area contributed by atoms with Crippen LogP contribution < -0.4 is 0 Å². The maximum atomic E-state index is 9.41. The van der Waals surface area contributed by atoms with E-state index < -0.39 is 0 Å². The lowest BCUT2D eigenvalue weighted by Gasteiger charge is -2.14. The molecule has 0 atom stereocenters. The summed E-state index contributed by atoms with van der Waals surface area (Å²) in [7, 11) is 0. The third-order valence-electron chi connectivity index (χ3n) is 5.73. The van der Waals surface area contributed by atoms with Crippen LogP contribution in [-0.2, 0) is 18.0 Å². The molecule has 0 aromatic heterocycles. The molecule has 0 bridgehead atoms. The van der Waals surface area contributed by atoms with Crippen LogP contribution in [0.3, 0.4) is 0 Å². The first-order valence-corrected chi connectivity index (χ1v) is 12.1. The second kappa shape index (κ2) is 13.8. The van der Waals surface area contributed by atoms with E-state index in [-0.39, 0.29) is 11.5 Å². The zero-order chi connectivity index (χ0) is 24.9. The quantitative estimate of drug-likeness (QED) is 0.257. The number of phenolic OH excluding ortho intramolecular Hbond substituents is 2. The van der Waals surface area contributed by atoms with E-state index in [4.69, 9.17) is 4.74 Å². The number of phenols is 2. The molecule has 0 amide bonds. The van der Waals surface area contributed by atoms with Crippen molar-refractivity contribution in [3.8, 4) is 11.5 Å². The van der Waals surface area contributed by atoms with Crippen molar-refractivity contribution in [3.63, 3.8) is 0 Å². The van der Waals surface area contributed by atoms with Crippen molar-refractivity contribution in [2.75, 3.05) is 0 Å². The highest BCUT2D eigenvalue weighted by molar-refractivity contribution is 5.90. The van der Waals surface area contributed by atoms with Gasteiger partial charge in [0.1, 0.15) is 11.5 Å². The average molecular weight is 467 g/mol. The maximum absolute atomic E-state index is 9.41. The van der Waals surface area contributed by atoms with Gasteiger partial charge in [0.15, 0.2) is 0 Å². The highest BCUT2D eigenvalue weighted by atomic mass is 16.5. The monoisotopic (exact) mass is 466 g/mol. The Bertz CT molecular complexity index is 1070. The van der Waals surface area contributed by atoms with Crippen LogP contribution in [-0.4, -0.2) is 10.2 Å². The Morgan fingerprint density at radius 3 is 1.17 bits per heavy atom. The highest BCUT2D eigenvalue weighted by Crippen LogP contribution is 2.32. The molecule has 0 spiro atoms. The molecular weight excluding hydrogens is 432 g/mol. The molecule has 0 fully saturated rings. The number of benzene rings is 4. The smallest absolute Gasteiger partial charge is 0.115 e. The Morgan fingerprint density at radius 1 is 0.514 bits per heavy atom. The van der Waals surface area contributed by atoms with Gasteiger partial charge >= 0.3 is 0 Å². The number of aromatic hydroxyl groups is 2. The summed E-state index contributed by atoms with van der Waals surface area (Å²) in [5, 5.41) is 18.8. The Balaban J connectivity index is 0.000000203. The summed E-state index contributed by atoms with van der Waals surface area (Å²) >= 11 is 0. The van der Waals surface area contributed by atoms with Crippen LogP contribution in [0.4, 0.5) is 0 Å². The highest BCUT2D eigenvalue weighted by Gasteiger charge is 2.09. The minimum absolute atomic E-state index is 0.284. The summed E-state index contributed by atoms with van der Waals surface area (Å²) in [6, 6.07) is 35.1. The molecule has 4 rings (SSSR count). The van der Waals surface area contributed by atoms with Crippen LogP contribution in [0, 0.1) is 0 Å². The van der Waals surface area contributed by atoms with Crippen LogP contribution in [0.5, 0.6) is 11.5 Å². The molecule has 35 heavy (non-hydrogen) atoms. The summed E-state index contributed by atoms with van der Waals surface area (Å²) in [6.07, 6.45) is 1.85. The number of hydrogen-bond acceptors (Lipinski definition) is 3. The van der Waals surface area contributed by atoms with E-state index in [0.29, 0.717) is 13.2 Å². The summed E-state index contributed by atoms with van der Waals surface area (Å²) in [5.74, 6) is 0.568. The lowest BCUT2D eigenvalue weighted by Crippen LogP contribution is -1.93. The molecule has 180 valence electrons. The van der Waals surface area contributed by atoms with E-state index in [9.17, 15) is 10.2 Å². The van der Waals surface area contributed by atoms with Gasteiger partial charge < -0.3 is 14.9 Å². The van der Waals surface area contributed by atoms with Crippen molar-refractivity contribution in [1.29, 1.82) is 0 Å². The van der Waals surface area contributed by atoms with Crippen molar-refractivity contribution in [1.82, 2.24) is 0 Å². The zero-order valence-electron chi connectivity index (χ0n) is 20.5. The van der Waals surface area contributed by atoms with Gasteiger partial charge in [-0.25, -0.2) is 0 Å². The van der Waals surface area contributed by atoms with Crippen molar-refractivity contribution in [2.45, 2.75) is 39.9 Å². The Kier molecular flexibility index (Phi) is 10.2. The van der Waals surface area contributed by atoms with Crippen molar-refractivity contribution in [3.05, 3.63) is 131 Å². The number of rotatable bonds is 8. The zero-order valence-corrected chi connectivity index (χ0v) is 20.5. The molecule has 0 aliphatic rings. The summed E-state index contributed by atoms with van der Waals surface area (Å²) in [5.41, 5.74) is 7.25. The van der Waals surface area contributed by atoms with E-state index in [1.165, 1.54) is 22.3 Å². The fourth-order valence-electron chi connectivity index (χ4n) is 3.94. The summed E-state index contributed by atoms with van der Waals surface area (Å²) < 4.78 is 5.61. The minimum atomic E-state index is 0.284. The van der Waals surface area contributed by atoms with Crippen LogP contribution in [0.2, 0.25) is 0 Å². The number of ether oxygens (including phenoxy) is 1. The first-order chi connectivity index (χ1) is 17.1. The third-order valence-corrected chi connectivity index (χ3v) is 5.73. The molecule has 4 aromatic carbocycles. The largest absolute Gasteiger partial charge is 0.508 e. The first kappa shape index (κ1) is 25.8. The minimum Gasteiger partial charge on any atom is -0.508 e. The van der Waals surface area contributed by atoms with E-state index in [1.807, 2.05) is 60.7 Å².